The van der Waals surface area contributed by atoms with Gasteiger partial charge < -0.3 is 4.90 Å². The number of β-lactam (4-membered cyclic amide) rings is 1. The van der Waals surface area contributed by atoms with Crippen LogP contribution in [-0.2, 0) is 19.9 Å². The molecule has 1 N–H and O–H groups in total. The van der Waals surface area contributed by atoms with Gasteiger partial charge in [0.15, 0.2) is 0 Å². The quantitative estimate of drug-likeness (QED) is 0.466. The van der Waals surface area contributed by atoms with Gasteiger partial charge >= 0.3 is 10.3 Å². The third-order valence-corrected chi connectivity index (χ3v) is 6.31. The van der Waals surface area contributed by atoms with Gasteiger partial charge in [-0.25, -0.2) is 4.31 Å². The van der Waals surface area contributed by atoms with Crippen molar-refractivity contribution in [1.29, 1.82) is 0 Å². The lowest BCUT2D eigenvalue weighted by atomic mass is 9.99. The average molecular weight is 342 g/mol. The molecule has 1 aliphatic carbocycles. The van der Waals surface area contributed by atoms with E-state index in [0.717, 1.165) is 5.57 Å². The van der Waals surface area contributed by atoms with Gasteiger partial charge in [-0.15, -0.1) is 0 Å². The minimum absolute atomic E-state index is 0.0895. The highest BCUT2D eigenvalue weighted by molar-refractivity contribution is 7.84. The summed E-state index contributed by atoms with van der Waals surface area (Å²) in [6.45, 7) is 8.38. The monoisotopic (exact) mass is 342 g/mol. The number of amides is 2. The smallest absolute Gasteiger partial charge is 0.328 e. The van der Waals surface area contributed by atoms with Crippen molar-refractivity contribution >= 4 is 22.1 Å². The zero-order valence-corrected chi connectivity index (χ0v) is 14.5. The van der Waals surface area contributed by atoms with Crippen LogP contribution in [0.25, 0.3) is 0 Å². The van der Waals surface area contributed by atoms with Gasteiger partial charge in [-0.1, -0.05) is 25.5 Å². The largest absolute Gasteiger partial charge is 0.362 e. The molecule has 3 fully saturated rings. The van der Waals surface area contributed by atoms with E-state index in [4.69, 9.17) is 4.55 Å². The number of allylic oxidation sites excluding steroid dienone is 2. The predicted molar refractivity (Wildman–Crippen MR) is 82.5 cm³/mol. The maximum absolute atomic E-state index is 12.8. The highest BCUT2D eigenvalue weighted by Crippen LogP contribution is 2.60. The second-order valence-electron chi connectivity index (χ2n) is 7.51. The van der Waals surface area contributed by atoms with Crippen molar-refractivity contribution < 1.29 is 22.6 Å². The molecule has 2 heterocycles. The van der Waals surface area contributed by atoms with Crippen LogP contribution in [0.15, 0.2) is 11.6 Å². The molecule has 0 bridgehead atoms. The highest BCUT2D eigenvalue weighted by Gasteiger charge is 2.66. The van der Waals surface area contributed by atoms with Crippen molar-refractivity contribution in [3.63, 3.8) is 0 Å². The van der Waals surface area contributed by atoms with Gasteiger partial charge in [0.05, 0.1) is 12.0 Å². The Labute approximate surface area is 136 Å². The van der Waals surface area contributed by atoms with E-state index < -0.39 is 28.3 Å². The van der Waals surface area contributed by atoms with E-state index in [-0.39, 0.29) is 23.2 Å². The first kappa shape index (κ1) is 16.4. The third-order valence-electron chi connectivity index (χ3n) is 5.36. The molecule has 0 spiro atoms. The number of carbonyl (C=O) groups excluding carboxylic acids is 2. The zero-order valence-electron chi connectivity index (χ0n) is 13.7. The van der Waals surface area contributed by atoms with Crippen molar-refractivity contribution in [1.82, 2.24) is 9.21 Å². The molecule has 2 amide bonds. The van der Waals surface area contributed by atoms with Crippen LogP contribution in [0.3, 0.4) is 0 Å². The average Bonchev–Trinajstić information content (AvgIpc) is 2.76. The van der Waals surface area contributed by atoms with Crippen molar-refractivity contribution in [2.75, 3.05) is 6.54 Å². The molecule has 23 heavy (non-hydrogen) atoms. The van der Waals surface area contributed by atoms with Crippen LogP contribution in [-0.4, -0.2) is 52.6 Å². The van der Waals surface area contributed by atoms with Crippen molar-refractivity contribution in [2.45, 2.75) is 46.2 Å². The van der Waals surface area contributed by atoms with E-state index in [1.165, 1.54) is 4.90 Å². The summed E-state index contributed by atoms with van der Waals surface area (Å²) in [6, 6.07) is -1.36. The second kappa shape index (κ2) is 4.80. The van der Waals surface area contributed by atoms with Crippen LogP contribution < -0.4 is 0 Å². The van der Waals surface area contributed by atoms with Crippen LogP contribution in [0.5, 0.6) is 0 Å². The van der Waals surface area contributed by atoms with E-state index >= 15 is 0 Å². The normalized spacial score (nSPS) is 34.7. The van der Waals surface area contributed by atoms with Gasteiger partial charge in [-0.05, 0) is 31.6 Å². The van der Waals surface area contributed by atoms with Crippen molar-refractivity contribution in [3.8, 4) is 0 Å². The summed E-state index contributed by atoms with van der Waals surface area (Å²) in [6.07, 6.45) is 2.46. The number of hydrogen-bond donors (Lipinski definition) is 1. The fraction of sp³-hybridized carbons (Fsp3) is 0.733. The molecule has 2 saturated heterocycles. The van der Waals surface area contributed by atoms with Gasteiger partial charge in [0.2, 0.25) is 5.91 Å². The van der Waals surface area contributed by atoms with Crippen LogP contribution >= 0.6 is 0 Å². The summed E-state index contributed by atoms with van der Waals surface area (Å²) in [7, 11) is -4.54. The van der Waals surface area contributed by atoms with Gasteiger partial charge in [0.1, 0.15) is 6.04 Å². The molecule has 2 aliphatic heterocycles. The first-order valence-corrected chi connectivity index (χ1v) is 9.14. The van der Waals surface area contributed by atoms with E-state index in [1.807, 2.05) is 27.7 Å². The fourth-order valence-electron chi connectivity index (χ4n) is 4.06. The zero-order chi connectivity index (χ0) is 17.3. The van der Waals surface area contributed by atoms with Gasteiger partial charge in [-0.3, -0.25) is 14.1 Å². The first-order valence-electron chi connectivity index (χ1n) is 7.74. The third kappa shape index (κ3) is 2.30. The minimum atomic E-state index is -4.54. The molecular formula is C15H22N2O5S. The number of rotatable bonds is 3. The number of hydrogen-bond acceptors (Lipinski definition) is 4. The Morgan fingerprint density at radius 1 is 1.35 bits per heavy atom. The molecule has 0 aromatic rings. The molecule has 0 unspecified atom stereocenters. The SMILES string of the molecule is CC(C)=C[C@@H]1[C@@H](C(=O)N2CC[C@@H]3[C@H]2C(=O)N3S(=O)(=O)O)C1(C)C. The standard InChI is InChI=1S/C15H22N2O5S/c1-8(2)7-9-11(15(9,3)4)13(18)16-6-5-10-12(16)14(19)17(10)23(20,21)22/h7,9-12H,5-6H2,1-4H3,(H,20,21,22)/t9-,10-,11+,12+/m1/s1. The Morgan fingerprint density at radius 3 is 2.48 bits per heavy atom. The molecule has 7 nitrogen and oxygen atoms in total. The maximum atomic E-state index is 12.8. The van der Waals surface area contributed by atoms with E-state index in [9.17, 15) is 18.0 Å². The van der Waals surface area contributed by atoms with Gasteiger partial charge in [0, 0.05) is 6.54 Å². The Balaban J connectivity index is 1.77. The second-order valence-corrected chi connectivity index (χ2v) is 8.80. The number of nitrogens with zero attached hydrogens (tertiary/aromatic N) is 2. The van der Waals surface area contributed by atoms with E-state index in [1.54, 1.807) is 0 Å². The number of carbonyl (C=O) groups is 2. The number of likely N-dealkylation sites (tertiary alicyclic amines) is 1. The summed E-state index contributed by atoms with van der Waals surface area (Å²) < 4.78 is 32.0. The first-order chi connectivity index (χ1) is 10.5. The maximum Gasteiger partial charge on any atom is 0.362 e. The molecule has 4 atom stereocenters. The summed E-state index contributed by atoms with van der Waals surface area (Å²) in [4.78, 5) is 26.4. The van der Waals surface area contributed by atoms with Crippen molar-refractivity contribution in [2.24, 2.45) is 17.3 Å². The Bertz CT molecular complexity index is 707. The van der Waals surface area contributed by atoms with Crippen LogP contribution in [0.4, 0.5) is 0 Å². The molecule has 0 aromatic heterocycles. The molecular weight excluding hydrogens is 320 g/mol. The minimum Gasteiger partial charge on any atom is -0.328 e. The molecule has 3 rings (SSSR count). The summed E-state index contributed by atoms with van der Waals surface area (Å²) in [5.41, 5.74) is 0.997. The summed E-state index contributed by atoms with van der Waals surface area (Å²) >= 11 is 0. The summed E-state index contributed by atoms with van der Waals surface area (Å²) in [5, 5.41) is 0. The van der Waals surface area contributed by atoms with Gasteiger partial charge in [0.25, 0.3) is 5.91 Å². The lowest BCUT2D eigenvalue weighted by Crippen LogP contribution is -2.68. The molecule has 128 valence electrons. The summed E-state index contributed by atoms with van der Waals surface area (Å²) in [5.74, 6) is -0.829. The van der Waals surface area contributed by atoms with Gasteiger partial charge in [-0.2, -0.15) is 8.42 Å². The van der Waals surface area contributed by atoms with E-state index in [0.29, 0.717) is 17.3 Å². The number of fused-ring (bicyclic) bond motifs is 1. The Hall–Kier alpha value is -1.41. The Morgan fingerprint density at radius 2 is 1.96 bits per heavy atom. The predicted octanol–water partition coefficient (Wildman–Crippen LogP) is 0.839. The molecule has 0 radical (unpaired) electrons. The highest BCUT2D eigenvalue weighted by atomic mass is 32.2. The molecule has 0 aromatic carbocycles. The topological polar surface area (TPSA) is 95.0 Å². The van der Waals surface area contributed by atoms with Crippen LogP contribution in [0.1, 0.15) is 34.1 Å². The lowest BCUT2D eigenvalue weighted by molar-refractivity contribution is -0.152. The Kier molecular flexibility index (Phi) is 3.43. The molecule has 8 heteroatoms. The van der Waals surface area contributed by atoms with E-state index in [2.05, 4.69) is 6.08 Å². The molecule has 1 saturated carbocycles. The van der Waals surface area contributed by atoms with Crippen LogP contribution in [0, 0.1) is 17.3 Å². The fourth-order valence-corrected chi connectivity index (χ4v) is 4.96. The molecule has 3 aliphatic rings. The van der Waals surface area contributed by atoms with Crippen molar-refractivity contribution in [3.05, 3.63) is 11.6 Å². The lowest BCUT2D eigenvalue weighted by Gasteiger charge is -2.42. The van der Waals surface area contributed by atoms with Crippen LogP contribution in [0.2, 0.25) is 0 Å².